The van der Waals surface area contributed by atoms with E-state index >= 15 is 0 Å². The zero-order valence-corrected chi connectivity index (χ0v) is 23.3. The van der Waals surface area contributed by atoms with Crippen molar-refractivity contribution in [2.45, 2.75) is 44.3 Å². The summed E-state index contributed by atoms with van der Waals surface area (Å²) in [6.07, 6.45) is 2.47. The Morgan fingerprint density at radius 1 is 1.17 bits per heavy atom. The summed E-state index contributed by atoms with van der Waals surface area (Å²) in [5.74, 6) is 1.74. The molecule has 2 fully saturated rings. The van der Waals surface area contributed by atoms with Crippen LogP contribution in [0.2, 0.25) is 0 Å². The number of benzene rings is 1. The van der Waals surface area contributed by atoms with E-state index in [2.05, 4.69) is 22.0 Å². The molecule has 0 unspecified atom stereocenters. The van der Waals surface area contributed by atoms with Crippen molar-refractivity contribution in [3.63, 3.8) is 0 Å². The summed E-state index contributed by atoms with van der Waals surface area (Å²) in [4.78, 5) is 15.9. The molecule has 0 aliphatic carbocycles. The highest BCUT2D eigenvalue weighted by molar-refractivity contribution is 5.58. The molecule has 0 spiro atoms. The third-order valence-corrected chi connectivity index (χ3v) is 8.35. The van der Waals surface area contributed by atoms with E-state index < -0.39 is 22.8 Å². The maximum absolute atomic E-state index is 14.3. The summed E-state index contributed by atoms with van der Waals surface area (Å²) >= 11 is 0. The molecule has 9 nitrogen and oxygen atoms in total. The number of hydrogen-bond acceptors (Lipinski definition) is 6. The third kappa shape index (κ3) is 5.14. The molecule has 1 aromatic carbocycles. The fourth-order valence-corrected chi connectivity index (χ4v) is 6.07. The predicted octanol–water partition coefficient (Wildman–Crippen LogP) is 3.99. The van der Waals surface area contributed by atoms with Crippen LogP contribution in [0.25, 0.3) is 11.2 Å². The smallest absolute Gasteiger partial charge is 0.418 e. The number of likely N-dealkylation sites (tertiary alicyclic amines) is 1. The number of imidazole rings is 1. The minimum Gasteiger partial charge on any atom is -0.497 e. The Bertz CT molecular complexity index is 1630. The van der Waals surface area contributed by atoms with E-state index in [1.165, 1.54) is 23.9 Å². The van der Waals surface area contributed by atoms with Crippen LogP contribution < -0.4 is 10.4 Å². The molecule has 0 N–H and O–H groups in total. The Balaban J connectivity index is 1.44. The number of pyridine rings is 1. The lowest BCUT2D eigenvalue weighted by atomic mass is 9.75. The van der Waals surface area contributed by atoms with E-state index in [-0.39, 0.29) is 5.52 Å². The van der Waals surface area contributed by atoms with Gasteiger partial charge in [-0.1, -0.05) is 6.92 Å². The van der Waals surface area contributed by atoms with Gasteiger partial charge in [0.25, 0.3) is 0 Å². The Kier molecular flexibility index (Phi) is 6.93. The predicted molar refractivity (Wildman–Crippen MR) is 145 cm³/mol. The first-order valence-corrected chi connectivity index (χ1v) is 13.7. The number of halogens is 3. The zero-order valence-electron chi connectivity index (χ0n) is 23.3. The number of alkyl halides is 3. The quantitative estimate of drug-likeness (QED) is 0.335. The van der Waals surface area contributed by atoms with E-state index in [0.29, 0.717) is 49.1 Å². The number of piperidine rings is 1. The Hall–Kier alpha value is -3.64. The first-order chi connectivity index (χ1) is 19.6. The summed E-state index contributed by atoms with van der Waals surface area (Å²) in [6, 6.07) is 6.54. The summed E-state index contributed by atoms with van der Waals surface area (Å²) < 4.78 is 58.3. The molecule has 5 heterocycles. The molecule has 0 amide bonds. The van der Waals surface area contributed by atoms with Crippen molar-refractivity contribution in [2.24, 2.45) is 13.0 Å². The van der Waals surface area contributed by atoms with Crippen molar-refractivity contribution in [1.29, 1.82) is 0 Å². The minimum atomic E-state index is -4.63. The maximum Gasteiger partial charge on any atom is 0.418 e. The molecular formula is C29H33F3N6O3. The molecule has 218 valence electrons. The standard InChI is InChI=1S/C29H33F3N6O3/c1-19-5-4-6-36(12-19)13-20-7-24(29(30,31)32)25-15-37(27(39)38(25)14-20)22-8-21(9-23(10-22)40-3)28(16-41-17-28)11-26-34-33-18-35(26)2/h7-10,14-15,18-19H,4-6,11-13,16-17H2,1-3H3/t19-/m0/s1. The zero-order chi connectivity index (χ0) is 28.9. The average molecular weight is 571 g/mol. The van der Waals surface area contributed by atoms with Crippen LogP contribution in [-0.2, 0) is 36.3 Å². The van der Waals surface area contributed by atoms with E-state index in [1.807, 2.05) is 23.7 Å². The Labute approximate surface area is 235 Å². The van der Waals surface area contributed by atoms with Gasteiger partial charge < -0.3 is 14.0 Å². The normalized spacial score (nSPS) is 19.4. The highest BCUT2D eigenvalue weighted by atomic mass is 19.4. The largest absolute Gasteiger partial charge is 0.497 e. The molecule has 6 rings (SSSR count). The monoisotopic (exact) mass is 570 g/mol. The van der Waals surface area contributed by atoms with Crippen molar-refractivity contribution in [3.8, 4) is 11.4 Å². The molecule has 12 heteroatoms. The second kappa shape index (κ2) is 10.3. The van der Waals surface area contributed by atoms with Crippen LogP contribution in [0, 0.1) is 5.92 Å². The maximum atomic E-state index is 14.3. The summed E-state index contributed by atoms with van der Waals surface area (Å²) in [6.45, 7) is 5.00. The van der Waals surface area contributed by atoms with Gasteiger partial charge in [-0.3, -0.25) is 13.9 Å². The molecule has 0 bridgehead atoms. The third-order valence-electron chi connectivity index (χ3n) is 8.35. The Morgan fingerprint density at radius 2 is 1.98 bits per heavy atom. The van der Waals surface area contributed by atoms with Crippen molar-refractivity contribution in [2.75, 3.05) is 33.4 Å². The van der Waals surface area contributed by atoms with Crippen LogP contribution in [0.15, 0.2) is 47.8 Å². The van der Waals surface area contributed by atoms with Crippen LogP contribution in [-0.4, -0.2) is 62.0 Å². The number of ether oxygens (including phenoxy) is 2. The number of rotatable bonds is 7. The fourth-order valence-electron chi connectivity index (χ4n) is 6.07. The molecule has 0 radical (unpaired) electrons. The average Bonchev–Trinajstić information content (AvgIpc) is 3.47. The molecule has 2 saturated heterocycles. The van der Waals surface area contributed by atoms with Gasteiger partial charge in [0.1, 0.15) is 17.9 Å². The van der Waals surface area contributed by atoms with Crippen molar-refractivity contribution < 1.29 is 22.6 Å². The van der Waals surface area contributed by atoms with Crippen LogP contribution >= 0.6 is 0 Å². The molecule has 0 saturated carbocycles. The van der Waals surface area contributed by atoms with Crippen LogP contribution in [0.4, 0.5) is 13.2 Å². The lowest BCUT2D eigenvalue weighted by Crippen LogP contribution is -2.49. The van der Waals surface area contributed by atoms with Gasteiger partial charge in [-0.05, 0) is 54.6 Å². The first kappa shape index (κ1) is 27.5. The summed E-state index contributed by atoms with van der Waals surface area (Å²) in [5, 5.41) is 8.19. The van der Waals surface area contributed by atoms with Crippen LogP contribution in [0.1, 0.15) is 42.3 Å². The molecule has 41 heavy (non-hydrogen) atoms. The van der Waals surface area contributed by atoms with Gasteiger partial charge in [-0.15, -0.1) is 10.2 Å². The van der Waals surface area contributed by atoms with Gasteiger partial charge in [0.15, 0.2) is 0 Å². The Morgan fingerprint density at radius 3 is 2.61 bits per heavy atom. The van der Waals surface area contributed by atoms with Crippen molar-refractivity contribution in [1.82, 2.24) is 28.6 Å². The van der Waals surface area contributed by atoms with Crippen molar-refractivity contribution in [3.05, 3.63) is 76.0 Å². The van der Waals surface area contributed by atoms with Gasteiger partial charge in [-0.25, -0.2) is 4.79 Å². The number of aryl methyl sites for hydroxylation is 1. The highest BCUT2D eigenvalue weighted by Gasteiger charge is 2.42. The molecule has 3 aromatic heterocycles. The highest BCUT2D eigenvalue weighted by Crippen LogP contribution is 2.39. The summed E-state index contributed by atoms with van der Waals surface area (Å²) in [7, 11) is 3.38. The molecule has 4 aromatic rings. The van der Waals surface area contributed by atoms with Gasteiger partial charge in [-0.2, -0.15) is 13.2 Å². The van der Waals surface area contributed by atoms with Gasteiger partial charge in [0.05, 0.1) is 37.1 Å². The number of nitrogens with zero attached hydrogens (tertiary/aromatic N) is 6. The SMILES string of the molecule is COc1cc(-n2cc3c(C(F)(F)F)cc(CN4CCC[C@H](C)C4)cn3c2=O)cc(C2(Cc3nncn3C)COC2)c1. The molecule has 1 atom stereocenters. The van der Waals surface area contributed by atoms with Crippen molar-refractivity contribution >= 4 is 5.52 Å². The van der Waals surface area contributed by atoms with E-state index in [0.717, 1.165) is 41.7 Å². The molecule has 2 aliphatic heterocycles. The van der Waals surface area contributed by atoms with Crippen LogP contribution in [0.5, 0.6) is 5.75 Å². The number of hydrogen-bond donors (Lipinski definition) is 0. The van der Waals surface area contributed by atoms with E-state index in [9.17, 15) is 18.0 Å². The van der Waals surface area contributed by atoms with Crippen LogP contribution in [0.3, 0.4) is 0 Å². The second-order valence-corrected chi connectivity index (χ2v) is 11.5. The number of fused-ring (bicyclic) bond motifs is 1. The molecule has 2 aliphatic rings. The number of methoxy groups -OCH3 is 1. The van der Waals surface area contributed by atoms with E-state index in [1.54, 1.807) is 18.6 Å². The lowest BCUT2D eigenvalue weighted by Gasteiger charge is -2.42. The van der Waals surface area contributed by atoms with Gasteiger partial charge >= 0.3 is 11.9 Å². The number of aromatic nitrogens is 5. The second-order valence-electron chi connectivity index (χ2n) is 11.5. The topological polar surface area (TPSA) is 78.8 Å². The summed E-state index contributed by atoms with van der Waals surface area (Å²) in [5.41, 5.74) is -0.322. The van der Waals surface area contributed by atoms with E-state index in [4.69, 9.17) is 9.47 Å². The fraction of sp³-hybridized carbons (Fsp3) is 0.483. The molecular weight excluding hydrogens is 537 g/mol. The van der Waals surface area contributed by atoms with Gasteiger partial charge in [0, 0.05) is 50.4 Å². The first-order valence-electron chi connectivity index (χ1n) is 13.7. The van der Waals surface area contributed by atoms with Gasteiger partial charge in [0.2, 0.25) is 0 Å². The minimum absolute atomic E-state index is 0.191. The lowest BCUT2D eigenvalue weighted by molar-refractivity contribution is -0.136.